The average Bonchev–Trinajstić information content (AvgIpc) is 2.74. The van der Waals surface area contributed by atoms with E-state index in [9.17, 15) is 0 Å². The summed E-state index contributed by atoms with van der Waals surface area (Å²) in [6.07, 6.45) is 18.4. The van der Waals surface area contributed by atoms with Crippen molar-refractivity contribution in [2.24, 2.45) is 0 Å². The molecule has 0 saturated carbocycles. The van der Waals surface area contributed by atoms with E-state index in [1.54, 1.807) is 0 Å². The Morgan fingerprint density at radius 1 is 0.357 bits per heavy atom. The first kappa shape index (κ1) is 22.7. The van der Waals surface area contributed by atoms with Gasteiger partial charge >= 0.3 is 0 Å². The van der Waals surface area contributed by atoms with Crippen LogP contribution in [0.5, 0.6) is 0 Å². The maximum atomic E-state index is 2.35. The van der Waals surface area contributed by atoms with Crippen molar-refractivity contribution in [3.8, 4) is 0 Å². The molecule has 0 N–H and O–H groups in total. The van der Waals surface area contributed by atoms with Crippen LogP contribution in [0.1, 0.15) is 100 Å². The topological polar surface area (TPSA) is 0 Å². The first-order valence-corrected chi connectivity index (χ1v) is 12.0. The average molecular weight is 379 g/mol. The largest absolute Gasteiger partial charge is 0.0654 e. The highest BCUT2D eigenvalue weighted by Crippen LogP contribution is 2.14. The Morgan fingerprint density at radius 2 is 0.643 bits per heavy atom. The number of hydrogen-bond donors (Lipinski definition) is 0. The zero-order chi connectivity index (χ0) is 19.9. The van der Waals surface area contributed by atoms with Crippen LogP contribution in [0.3, 0.4) is 0 Å². The highest BCUT2D eigenvalue weighted by Gasteiger charge is 2.00. The van der Waals surface area contributed by atoms with Crippen molar-refractivity contribution in [1.29, 1.82) is 0 Å². The van der Waals surface area contributed by atoms with Gasteiger partial charge < -0.3 is 0 Å². The van der Waals surface area contributed by atoms with Gasteiger partial charge in [0.15, 0.2) is 0 Å². The fourth-order valence-electron chi connectivity index (χ4n) is 3.90. The van der Waals surface area contributed by atoms with Crippen molar-refractivity contribution in [1.82, 2.24) is 0 Å². The van der Waals surface area contributed by atoms with E-state index >= 15 is 0 Å². The Hall–Kier alpha value is -1.56. The van der Waals surface area contributed by atoms with Gasteiger partial charge in [-0.2, -0.15) is 0 Å². The third kappa shape index (κ3) is 9.58. The normalized spacial score (nSPS) is 11.1. The summed E-state index contributed by atoms with van der Waals surface area (Å²) in [6.45, 7) is 4.56. The summed E-state index contributed by atoms with van der Waals surface area (Å²) in [7, 11) is 0. The van der Waals surface area contributed by atoms with E-state index in [0.29, 0.717) is 0 Å². The molecule has 0 fully saturated rings. The zero-order valence-electron chi connectivity index (χ0n) is 18.5. The number of hydrogen-bond acceptors (Lipinski definition) is 0. The van der Waals surface area contributed by atoms with Crippen LogP contribution in [-0.4, -0.2) is 0 Å². The second-order valence-electron chi connectivity index (χ2n) is 8.46. The molecule has 154 valence electrons. The molecule has 0 radical (unpaired) electrons. The fraction of sp³-hybridized carbons (Fsp3) is 0.571. The molecule has 0 atom stereocenters. The van der Waals surface area contributed by atoms with Gasteiger partial charge in [0.1, 0.15) is 0 Å². The molecule has 0 aliphatic rings. The summed E-state index contributed by atoms with van der Waals surface area (Å²) in [5, 5.41) is 0. The van der Waals surface area contributed by atoms with E-state index in [4.69, 9.17) is 0 Å². The Kier molecular flexibility index (Phi) is 11.7. The molecule has 0 aliphatic carbocycles. The van der Waals surface area contributed by atoms with Crippen molar-refractivity contribution in [2.75, 3.05) is 0 Å². The van der Waals surface area contributed by atoms with Crippen molar-refractivity contribution < 1.29 is 0 Å². The van der Waals surface area contributed by atoms with Gasteiger partial charge in [-0.25, -0.2) is 0 Å². The lowest BCUT2D eigenvalue weighted by molar-refractivity contribution is 0.607. The first-order chi connectivity index (χ1) is 13.8. The molecule has 0 heteroatoms. The van der Waals surface area contributed by atoms with Gasteiger partial charge in [-0.15, -0.1) is 0 Å². The SMILES string of the molecule is CCCCCCCCc1ccc(CCc2ccc(CCCCCC)cc2)cc1. The minimum Gasteiger partial charge on any atom is -0.0654 e. The van der Waals surface area contributed by atoms with E-state index in [2.05, 4.69) is 62.4 Å². The molecule has 2 aromatic carbocycles. The molecule has 0 unspecified atom stereocenters. The molecule has 0 aliphatic heterocycles. The lowest BCUT2D eigenvalue weighted by Crippen LogP contribution is -1.94. The maximum absolute atomic E-state index is 2.35. The van der Waals surface area contributed by atoms with Gasteiger partial charge in [0.2, 0.25) is 0 Å². The smallest absolute Gasteiger partial charge is 0.0238 e. The Labute approximate surface area is 174 Å². The van der Waals surface area contributed by atoms with Gasteiger partial charge in [0, 0.05) is 0 Å². The molecule has 28 heavy (non-hydrogen) atoms. The molecule has 2 rings (SSSR count). The van der Waals surface area contributed by atoms with Crippen LogP contribution in [0, 0.1) is 0 Å². The van der Waals surface area contributed by atoms with Gasteiger partial charge in [-0.05, 0) is 60.8 Å². The molecular formula is C28H42. The van der Waals surface area contributed by atoms with Gasteiger partial charge in [0.05, 0.1) is 0 Å². The molecule has 0 saturated heterocycles. The predicted octanol–water partition coefficient (Wildman–Crippen LogP) is 8.50. The summed E-state index contributed by atoms with van der Waals surface area (Å²) >= 11 is 0. The van der Waals surface area contributed by atoms with Gasteiger partial charge in [-0.3, -0.25) is 0 Å². The Balaban J connectivity index is 1.65. The summed E-state index contributed by atoms with van der Waals surface area (Å²) in [6, 6.07) is 18.7. The number of unbranched alkanes of at least 4 members (excludes halogenated alkanes) is 8. The summed E-state index contributed by atoms with van der Waals surface area (Å²) in [4.78, 5) is 0. The molecule has 0 bridgehead atoms. The highest BCUT2D eigenvalue weighted by molar-refractivity contribution is 5.26. The van der Waals surface area contributed by atoms with Crippen LogP contribution in [0.2, 0.25) is 0 Å². The number of rotatable bonds is 15. The second-order valence-corrected chi connectivity index (χ2v) is 8.46. The highest BCUT2D eigenvalue weighted by atomic mass is 14.1. The minimum atomic E-state index is 1.15. The summed E-state index contributed by atoms with van der Waals surface area (Å²) in [5.74, 6) is 0. The predicted molar refractivity (Wildman–Crippen MR) is 125 cm³/mol. The van der Waals surface area contributed by atoms with Crippen molar-refractivity contribution in [3.63, 3.8) is 0 Å². The van der Waals surface area contributed by atoms with Gasteiger partial charge in [0.25, 0.3) is 0 Å². The van der Waals surface area contributed by atoms with Crippen LogP contribution < -0.4 is 0 Å². The standard InChI is InChI=1S/C28H42/c1-3-5-7-9-10-12-14-26-17-21-28(22-18-26)24-23-27-19-15-25(16-20-27)13-11-8-6-4-2/h15-22H,3-14,23-24H2,1-2H3. The van der Waals surface area contributed by atoms with Crippen LogP contribution in [0.15, 0.2) is 48.5 Å². The van der Waals surface area contributed by atoms with Crippen molar-refractivity contribution in [3.05, 3.63) is 70.8 Å². The number of benzene rings is 2. The van der Waals surface area contributed by atoms with E-state index in [1.165, 1.54) is 99.3 Å². The molecule has 0 amide bonds. The van der Waals surface area contributed by atoms with E-state index in [-0.39, 0.29) is 0 Å². The molecule has 0 aromatic heterocycles. The Morgan fingerprint density at radius 3 is 1.04 bits per heavy atom. The molecule has 0 heterocycles. The second kappa shape index (κ2) is 14.4. The van der Waals surface area contributed by atoms with E-state index < -0.39 is 0 Å². The van der Waals surface area contributed by atoms with Crippen molar-refractivity contribution in [2.45, 2.75) is 104 Å². The monoisotopic (exact) mass is 378 g/mol. The number of aryl methyl sites for hydroxylation is 4. The van der Waals surface area contributed by atoms with Crippen molar-refractivity contribution >= 4 is 0 Å². The lowest BCUT2D eigenvalue weighted by Gasteiger charge is -2.07. The maximum Gasteiger partial charge on any atom is -0.0238 e. The molecule has 0 spiro atoms. The van der Waals surface area contributed by atoms with Crippen LogP contribution >= 0.6 is 0 Å². The first-order valence-electron chi connectivity index (χ1n) is 12.0. The third-order valence-electron chi connectivity index (χ3n) is 5.89. The fourth-order valence-corrected chi connectivity index (χ4v) is 3.90. The summed E-state index contributed by atoms with van der Waals surface area (Å²) < 4.78 is 0. The minimum absolute atomic E-state index is 1.15. The van der Waals surface area contributed by atoms with Crippen LogP contribution in [0.25, 0.3) is 0 Å². The van der Waals surface area contributed by atoms with E-state index in [1.807, 2.05) is 0 Å². The van der Waals surface area contributed by atoms with Crippen LogP contribution in [0.4, 0.5) is 0 Å². The molecule has 2 aromatic rings. The van der Waals surface area contributed by atoms with E-state index in [0.717, 1.165) is 12.8 Å². The van der Waals surface area contributed by atoms with Gasteiger partial charge in [-0.1, -0.05) is 114 Å². The quantitative estimate of drug-likeness (QED) is 0.272. The third-order valence-corrected chi connectivity index (χ3v) is 5.89. The zero-order valence-corrected chi connectivity index (χ0v) is 18.5. The van der Waals surface area contributed by atoms with Crippen LogP contribution in [-0.2, 0) is 25.7 Å². The molecular weight excluding hydrogens is 336 g/mol. The summed E-state index contributed by atoms with van der Waals surface area (Å²) in [5.41, 5.74) is 5.94. The lowest BCUT2D eigenvalue weighted by atomic mass is 9.99. The Bertz CT molecular complexity index is 605. The molecule has 0 nitrogen and oxygen atoms in total.